The predicted molar refractivity (Wildman–Crippen MR) is 82.4 cm³/mol. The van der Waals surface area contributed by atoms with Gasteiger partial charge in [-0.25, -0.2) is 0 Å². The van der Waals surface area contributed by atoms with E-state index in [-0.39, 0.29) is 0 Å². The van der Waals surface area contributed by atoms with Gasteiger partial charge in [-0.3, -0.25) is 0 Å². The normalized spacial score (nSPS) is 10.5. The molecule has 2 nitrogen and oxygen atoms in total. The van der Waals surface area contributed by atoms with Crippen molar-refractivity contribution in [3.63, 3.8) is 0 Å². The van der Waals surface area contributed by atoms with Gasteiger partial charge in [-0.15, -0.1) is 0 Å². The number of benzene rings is 2. The third-order valence-corrected chi connectivity index (χ3v) is 3.31. The average Bonchev–Trinajstić information content (AvgIpc) is 2.46. The van der Waals surface area contributed by atoms with Crippen molar-refractivity contribution in [2.24, 2.45) is 0 Å². The van der Waals surface area contributed by atoms with E-state index in [0.717, 1.165) is 24.9 Å². The Hall–Kier alpha value is -2.11. The zero-order chi connectivity index (χ0) is 14.4. The second kappa shape index (κ2) is 6.88. The van der Waals surface area contributed by atoms with E-state index in [1.54, 1.807) is 0 Å². The number of rotatable bonds is 5. The number of aryl methyl sites for hydroxylation is 2. The van der Waals surface area contributed by atoms with Gasteiger partial charge in [0, 0.05) is 6.54 Å². The number of hydrogen-bond donors (Lipinski definition) is 0. The molecule has 102 valence electrons. The van der Waals surface area contributed by atoms with Gasteiger partial charge < -0.3 is 4.90 Å². The lowest BCUT2D eigenvalue weighted by Gasteiger charge is -2.10. The van der Waals surface area contributed by atoms with Crippen LogP contribution in [0.4, 0.5) is 0 Å². The molecular formula is C18H20N2. The summed E-state index contributed by atoms with van der Waals surface area (Å²) in [6.45, 7) is 0.982. The Kier molecular flexibility index (Phi) is 4.92. The molecule has 0 heterocycles. The Bertz CT molecular complexity index is 574. The first-order valence-electron chi connectivity index (χ1n) is 6.89. The van der Waals surface area contributed by atoms with Crippen molar-refractivity contribution in [1.29, 1.82) is 5.26 Å². The molecule has 0 atom stereocenters. The van der Waals surface area contributed by atoms with E-state index in [1.807, 2.05) is 24.3 Å². The SMILES string of the molecule is CN(C)Cc1ccc(CCc2ccc(C#N)cc2)cc1. The zero-order valence-corrected chi connectivity index (χ0v) is 12.1. The fourth-order valence-electron chi connectivity index (χ4n) is 2.21. The fraction of sp³-hybridized carbons (Fsp3) is 0.278. The molecule has 0 aromatic heterocycles. The fourth-order valence-corrected chi connectivity index (χ4v) is 2.21. The van der Waals surface area contributed by atoms with Gasteiger partial charge in [-0.2, -0.15) is 5.26 Å². The molecule has 0 spiro atoms. The van der Waals surface area contributed by atoms with Gasteiger partial charge in [0.25, 0.3) is 0 Å². The van der Waals surface area contributed by atoms with Crippen LogP contribution in [0.1, 0.15) is 22.3 Å². The molecule has 2 heteroatoms. The van der Waals surface area contributed by atoms with Crippen molar-refractivity contribution in [3.05, 3.63) is 70.8 Å². The van der Waals surface area contributed by atoms with Crippen LogP contribution < -0.4 is 0 Å². The first kappa shape index (κ1) is 14.3. The second-order valence-corrected chi connectivity index (χ2v) is 5.36. The molecule has 0 aliphatic heterocycles. The third-order valence-electron chi connectivity index (χ3n) is 3.31. The molecule has 0 bridgehead atoms. The van der Waals surface area contributed by atoms with Crippen molar-refractivity contribution in [1.82, 2.24) is 4.90 Å². The largest absolute Gasteiger partial charge is 0.305 e. The maximum atomic E-state index is 8.77. The van der Waals surface area contributed by atoms with E-state index in [1.165, 1.54) is 16.7 Å². The lowest BCUT2D eigenvalue weighted by atomic mass is 10.0. The molecule has 2 aromatic carbocycles. The van der Waals surface area contributed by atoms with Crippen LogP contribution in [0.25, 0.3) is 0 Å². The van der Waals surface area contributed by atoms with Crippen molar-refractivity contribution < 1.29 is 0 Å². The van der Waals surface area contributed by atoms with Crippen LogP contribution >= 0.6 is 0 Å². The molecule has 0 amide bonds. The van der Waals surface area contributed by atoms with Crippen molar-refractivity contribution >= 4 is 0 Å². The van der Waals surface area contributed by atoms with Gasteiger partial charge in [0.1, 0.15) is 0 Å². The van der Waals surface area contributed by atoms with Gasteiger partial charge in [-0.1, -0.05) is 36.4 Å². The highest BCUT2D eigenvalue weighted by atomic mass is 15.0. The van der Waals surface area contributed by atoms with Gasteiger partial charge in [0.15, 0.2) is 0 Å². The summed E-state index contributed by atoms with van der Waals surface area (Å²) in [5.74, 6) is 0. The highest BCUT2D eigenvalue weighted by molar-refractivity contribution is 5.32. The van der Waals surface area contributed by atoms with Gasteiger partial charge >= 0.3 is 0 Å². The minimum absolute atomic E-state index is 0.724. The van der Waals surface area contributed by atoms with E-state index >= 15 is 0 Å². The Balaban J connectivity index is 1.91. The van der Waals surface area contributed by atoms with Gasteiger partial charge in [0.2, 0.25) is 0 Å². The van der Waals surface area contributed by atoms with E-state index in [0.29, 0.717) is 0 Å². The molecule has 20 heavy (non-hydrogen) atoms. The molecule has 0 radical (unpaired) electrons. The summed E-state index contributed by atoms with van der Waals surface area (Å²) in [7, 11) is 4.16. The molecule has 0 saturated heterocycles. The van der Waals surface area contributed by atoms with E-state index < -0.39 is 0 Å². The highest BCUT2D eigenvalue weighted by Gasteiger charge is 1.99. The molecule has 0 N–H and O–H groups in total. The standard InChI is InChI=1S/C18H20N2/c1-20(2)14-18-11-7-16(8-12-18)4-3-15-5-9-17(13-19)10-6-15/h5-12H,3-4,14H2,1-2H3. The Labute approximate surface area is 121 Å². The smallest absolute Gasteiger partial charge is 0.0991 e. The first-order chi connectivity index (χ1) is 9.67. The lowest BCUT2D eigenvalue weighted by Crippen LogP contribution is -2.10. The topological polar surface area (TPSA) is 27.0 Å². The van der Waals surface area contributed by atoms with Crippen LogP contribution in [0.5, 0.6) is 0 Å². The predicted octanol–water partition coefficient (Wildman–Crippen LogP) is 3.41. The molecule has 0 unspecified atom stereocenters. The summed E-state index contributed by atoms with van der Waals surface area (Å²) in [5.41, 5.74) is 4.71. The summed E-state index contributed by atoms with van der Waals surface area (Å²) in [6.07, 6.45) is 2.05. The highest BCUT2D eigenvalue weighted by Crippen LogP contribution is 2.11. The van der Waals surface area contributed by atoms with Crippen molar-refractivity contribution in [2.45, 2.75) is 19.4 Å². The third kappa shape index (κ3) is 4.22. The molecule has 2 rings (SSSR count). The van der Waals surface area contributed by atoms with E-state index in [9.17, 15) is 0 Å². The minimum atomic E-state index is 0.724. The first-order valence-corrected chi connectivity index (χ1v) is 6.89. The summed E-state index contributed by atoms with van der Waals surface area (Å²) < 4.78 is 0. The Morgan fingerprint density at radius 2 is 1.25 bits per heavy atom. The molecule has 0 fully saturated rings. The summed E-state index contributed by atoms with van der Waals surface area (Å²) in [5, 5.41) is 8.77. The Morgan fingerprint density at radius 3 is 1.70 bits per heavy atom. The quantitative estimate of drug-likeness (QED) is 0.827. The average molecular weight is 264 g/mol. The van der Waals surface area contributed by atoms with Crippen LogP contribution in [0.2, 0.25) is 0 Å². The molecule has 2 aromatic rings. The Morgan fingerprint density at radius 1 is 0.800 bits per heavy atom. The number of nitrogens with zero attached hydrogens (tertiary/aromatic N) is 2. The van der Waals surface area contributed by atoms with Crippen molar-refractivity contribution in [2.75, 3.05) is 14.1 Å². The monoisotopic (exact) mass is 264 g/mol. The molecule has 0 aliphatic carbocycles. The van der Waals surface area contributed by atoms with Crippen LogP contribution in [0, 0.1) is 11.3 Å². The van der Waals surface area contributed by atoms with Gasteiger partial charge in [-0.05, 0) is 55.8 Å². The van der Waals surface area contributed by atoms with Crippen LogP contribution in [0.3, 0.4) is 0 Å². The second-order valence-electron chi connectivity index (χ2n) is 5.36. The zero-order valence-electron chi connectivity index (χ0n) is 12.1. The maximum absolute atomic E-state index is 8.77. The minimum Gasteiger partial charge on any atom is -0.305 e. The van der Waals surface area contributed by atoms with E-state index in [4.69, 9.17) is 5.26 Å². The maximum Gasteiger partial charge on any atom is 0.0991 e. The van der Waals surface area contributed by atoms with E-state index in [2.05, 4.69) is 49.3 Å². The van der Waals surface area contributed by atoms with Crippen LogP contribution in [0.15, 0.2) is 48.5 Å². The summed E-state index contributed by atoms with van der Waals surface area (Å²) in [6, 6.07) is 18.8. The van der Waals surface area contributed by atoms with Crippen LogP contribution in [-0.4, -0.2) is 19.0 Å². The van der Waals surface area contributed by atoms with Crippen molar-refractivity contribution in [3.8, 4) is 6.07 Å². The molecule has 0 aliphatic rings. The number of nitriles is 1. The molecular weight excluding hydrogens is 244 g/mol. The summed E-state index contributed by atoms with van der Waals surface area (Å²) >= 11 is 0. The van der Waals surface area contributed by atoms with Gasteiger partial charge in [0.05, 0.1) is 11.6 Å². The lowest BCUT2D eigenvalue weighted by molar-refractivity contribution is 0.402. The summed E-state index contributed by atoms with van der Waals surface area (Å²) in [4.78, 5) is 2.17. The molecule has 0 saturated carbocycles. The van der Waals surface area contributed by atoms with Crippen LogP contribution in [-0.2, 0) is 19.4 Å². The number of hydrogen-bond acceptors (Lipinski definition) is 2.